The van der Waals surface area contributed by atoms with Crippen molar-refractivity contribution >= 4 is 5.97 Å². The van der Waals surface area contributed by atoms with Crippen LogP contribution in [0.25, 0.3) is 0 Å². The molecule has 1 aliphatic rings. The molecule has 0 aromatic heterocycles. The summed E-state index contributed by atoms with van der Waals surface area (Å²) in [6.45, 7) is 1.28. The van der Waals surface area contributed by atoms with Crippen LogP contribution in [0, 0.1) is 5.41 Å². The average molecular weight is 291 g/mol. The number of aliphatic carboxylic acids is 1. The molecule has 1 fully saturated rings. The zero-order chi connectivity index (χ0) is 15.1. The molecule has 21 heavy (non-hydrogen) atoms. The van der Waals surface area contributed by atoms with Crippen molar-refractivity contribution in [1.29, 1.82) is 0 Å². The number of carboxylic acids is 1. The van der Waals surface area contributed by atoms with Crippen LogP contribution < -0.4 is 5.32 Å². The molecule has 1 aliphatic carbocycles. The van der Waals surface area contributed by atoms with E-state index in [4.69, 9.17) is 0 Å². The third kappa shape index (κ3) is 4.29. The molecule has 4 heteroatoms. The summed E-state index contributed by atoms with van der Waals surface area (Å²) in [5, 5.41) is 22.4. The number of benzene rings is 1. The Hall–Kier alpha value is -1.39. The summed E-state index contributed by atoms with van der Waals surface area (Å²) in [5.41, 5.74) is 0.761. The Balaban J connectivity index is 1.92. The van der Waals surface area contributed by atoms with Crippen LogP contribution in [-0.4, -0.2) is 35.9 Å². The van der Waals surface area contributed by atoms with E-state index in [0.717, 1.165) is 31.2 Å². The Kier molecular flexibility index (Phi) is 5.76. The van der Waals surface area contributed by atoms with Gasteiger partial charge < -0.3 is 15.5 Å². The highest BCUT2D eigenvalue weighted by Crippen LogP contribution is 2.35. The first-order valence-electron chi connectivity index (χ1n) is 7.76. The smallest absolute Gasteiger partial charge is 0.312 e. The van der Waals surface area contributed by atoms with Gasteiger partial charge in [0.25, 0.3) is 0 Å². The number of hydrogen-bond acceptors (Lipinski definition) is 3. The van der Waals surface area contributed by atoms with E-state index in [2.05, 4.69) is 5.32 Å². The van der Waals surface area contributed by atoms with E-state index in [1.807, 2.05) is 30.3 Å². The third-order valence-electron chi connectivity index (χ3n) is 4.60. The number of nitrogens with one attached hydrogen (secondary N) is 1. The second-order valence-electron chi connectivity index (χ2n) is 6.15. The molecular weight excluding hydrogens is 266 g/mol. The minimum absolute atomic E-state index is 0.0575. The predicted octanol–water partition coefficient (Wildman–Crippen LogP) is 2.39. The highest BCUT2D eigenvalue weighted by Gasteiger charge is 2.31. The first kappa shape index (κ1) is 16.0. The van der Waals surface area contributed by atoms with Gasteiger partial charge in [0.15, 0.2) is 0 Å². The summed E-state index contributed by atoms with van der Waals surface area (Å²) in [6, 6.07) is 9.31. The fourth-order valence-electron chi connectivity index (χ4n) is 3.21. The lowest BCUT2D eigenvalue weighted by molar-refractivity contribution is -0.138. The van der Waals surface area contributed by atoms with Gasteiger partial charge in [0.05, 0.1) is 5.92 Å². The SMILES string of the molecule is O=C(O)C(CNCC1(CO)CCCCC1)c1ccccc1. The van der Waals surface area contributed by atoms with E-state index in [9.17, 15) is 15.0 Å². The van der Waals surface area contributed by atoms with Gasteiger partial charge in [-0.25, -0.2) is 0 Å². The lowest BCUT2D eigenvalue weighted by atomic mass is 9.74. The lowest BCUT2D eigenvalue weighted by Crippen LogP contribution is -2.41. The third-order valence-corrected chi connectivity index (χ3v) is 4.60. The normalized spacial score (nSPS) is 19.1. The van der Waals surface area contributed by atoms with Crippen LogP contribution in [0.3, 0.4) is 0 Å². The van der Waals surface area contributed by atoms with Gasteiger partial charge in [-0.2, -0.15) is 0 Å². The number of aliphatic hydroxyl groups excluding tert-OH is 1. The van der Waals surface area contributed by atoms with Gasteiger partial charge in [-0.05, 0) is 18.4 Å². The second kappa shape index (κ2) is 7.57. The van der Waals surface area contributed by atoms with Gasteiger partial charge in [0.2, 0.25) is 0 Å². The largest absolute Gasteiger partial charge is 0.481 e. The standard InChI is InChI=1S/C17H25NO3/c19-13-17(9-5-2-6-10-17)12-18-11-15(16(20)21)14-7-3-1-4-8-14/h1,3-4,7-8,15,18-19H,2,5-6,9-13H2,(H,20,21). The van der Waals surface area contributed by atoms with Crippen LogP contribution in [-0.2, 0) is 4.79 Å². The van der Waals surface area contributed by atoms with E-state index in [0.29, 0.717) is 13.1 Å². The Labute approximate surface area is 126 Å². The number of carbonyl (C=O) groups is 1. The second-order valence-corrected chi connectivity index (χ2v) is 6.15. The quantitative estimate of drug-likeness (QED) is 0.721. The zero-order valence-corrected chi connectivity index (χ0v) is 12.4. The summed E-state index contributed by atoms with van der Waals surface area (Å²) >= 11 is 0. The number of aliphatic hydroxyl groups is 1. The van der Waals surface area contributed by atoms with Gasteiger partial charge >= 0.3 is 5.97 Å². The molecule has 0 aliphatic heterocycles. The van der Waals surface area contributed by atoms with Gasteiger partial charge in [0, 0.05) is 25.1 Å². The summed E-state index contributed by atoms with van der Waals surface area (Å²) < 4.78 is 0. The molecule has 0 bridgehead atoms. The summed E-state index contributed by atoms with van der Waals surface area (Å²) in [4.78, 5) is 11.4. The highest BCUT2D eigenvalue weighted by atomic mass is 16.4. The van der Waals surface area contributed by atoms with Gasteiger partial charge in [-0.3, -0.25) is 4.79 Å². The Bertz CT molecular complexity index is 441. The van der Waals surface area contributed by atoms with Crippen molar-refractivity contribution in [3.63, 3.8) is 0 Å². The van der Waals surface area contributed by atoms with Gasteiger partial charge in [-0.1, -0.05) is 49.6 Å². The molecular formula is C17H25NO3. The number of carboxylic acid groups (broad SMARTS) is 1. The van der Waals surface area contributed by atoms with E-state index in [1.165, 1.54) is 6.42 Å². The van der Waals surface area contributed by atoms with Crippen molar-refractivity contribution in [1.82, 2.24) is 5.32 Å². The molecule has 1 aromatic carbocycles. The summed E-state index contributed by atoms with van der Waals surface area (Å²) in [7, 11) is 0. The Morgan fingerprint density at radius 2 is 1.86 bits per heavy atom. The molecule has 1 aromatic rings. The van der Waals surface area contributed by atoms with Crippen molar-refractivity contribution in [2.75, 3.05) is 19.7 Å². The first-order valence-corrected chi connectivity index (χ1v) is 7.76. The van der Waals surface area contributed by atoms with Crippen molar-refractivity contribution in [2.45, 2.75) is 38.0 Å². The van der Waals surface area contributed by atoms with E-state index in [-0.39, 0.29) is 12.0 Å². The minimum Gasteiger partial charge on any atom is -0.481 e. The van der Waals surface area contributed by atoms with Crippen LogP contribution in [0.15, 0.2) is 30.3 Å². The van der Waals surface area contributed by atoms with Crippen molar-refractivity contribution < 1.29 is 15.0 Å². The average Bonchev–Trinajstić information content (AvgIpc) is 2.53. The summed E-state index contributed by atoms with van der Waals surface area (Å²) in [6.07, 6.45) is 5.61. The topological polar surface area (TPSA) is 69.6 Å². The molecule has 0 radical (unpaired) electrons. The minimum atomic E-state index is -0.810. The number of rotatable bonds is 7. The van der Waals surface area contributed by atoms with Crippen LogP contribution in [0.4, 0.5) is 0 Å². The molecule has 1 saturated carbocycles. The molecule has 116 valence electrons. The zero-order valence-electron chi connectivity index (χ0n) is 12.4. The van der Waals surface area contributed by atoms with Crippen LogP contribution in [0.1, 0.15) is 43.6 Å². The molecule has 4 nitrogen and oxygen atoms in total. The highest BCUT2D eigenvalue weighted by molar-refractivity contribution is 5.76. The van der Waals surface area contributed by atoms with E-state index >= 15 is 0 Å². The van der Waals surface area contributed by atoms with Crippen molar-refractivity contribution in [3.8, 4) is 0 Å². The first-order chi connectivity index (χ1) is 10.2. The van der Waals surface area contributed by atoms with Crippen molar-refractivity contribution in [2.24, 2.45) is 5.41 Å². The maximum Gasteiger partial charge on any atom is 0.312 e. The molecule has 0 spiro atoms. The van der Waals surface area contributed by atoms with Crippen LogP contribution in [0.2, 0.25) is 0 Å². The molecule has 2 rings (SSSR count). The molecule has 1 unspecified atom stereocenters. The van der Waals surface area contributed by atoms with Gasteiger partial charge in [-0.15, -0.1) is 0 Å². The van der Waals surface area contributed by atoms with Crippen LogP contribution in [0.5, 0.6) is 0 Å². The predicted molar refractivity (Wildman–Crippen MR) is 82.3 cm³/mol. The van der Waals surface area contributed by atoms with Crippen molar-refractivity contribution in [3.05, 3.63) is 35.9 Å². The molecule has 3 N–H and O–H groups in total. The monoisotopic (exact) mass is 291 g/mol. The number of hydrogen-bond donors (Lipinski definition) is 3. The van der Waals surface area contributed by atoms with E-state index in [1.54, 1.807) is 0 Å². The van der Waals surface area contributed by atoms with Crippen LogP contribution >= 0.6 is 0 Å². The summed E-state index contributed by atoms with van der Waals surface area (Å²) in [5.74, 6) is -1.35. The molecule has 1 atom stereocenters. The Morgan fingerprint density at radius 3 is 2.43 bits per heavy atom. The molecule has 0 heterocycles. The maximum atomic E-state index is 11.4. The molecule has 0 amide bonds. The Morgan fingerprint density at radius 1 is 1.19 bits per heavy atom. The fraction of sp³-hybridized carbons (Fsp3) is 0.588. The van der Waals surface area contributed by atoms with E-state index < -0.39 is 11.9 Å². The maximum absolute atomic E-state index is 11.4. The van der Waals surface area contributed by atoms with Gasteiger partial charge in [0.1, 0.15) is 0 Å². The molecule has 0 saturated heterocycles. The fourth-order valence-corrected chi connectivity index (χ4v) is 3.21. The lowest BCUT2D eigenvalue weighted by Gasteiger charge is -2.36.